The zero-order valence-electron chi connectivity index (χ0n) is 11.1. The third kappa shape index (κ3) is 2.09. The molecule has 0 saturated heterocycles. The average molecular weight is 279 g/mol. The van der Waals surface area contributed by atoms with Gasteiger partial charge in [0, 0.05) is 11.1 Å². The van der Waals surface area contributed by atoms with Crippen LogP contribution in [-0.2, 0) is 12.2 Å². The van der Waals surface area contributed by atoms with Gasteiger partial charge in [-0.25, -0.2) is 4.39 Å². The van der Waals surface area contributed by atoms with Crippen molar-refractivity contribution in [2.75, 3.05) is 6.79 Å². The van der Waals surface area contributed by atoms with Crippen molar-refractivity contribution >= 4 is 0 Å². The van der Waals surface area contributed by atoms with E-state index in [0.717, 1.165) is 0 Å². The second-order valence-electron chi connectivity index (χ2n) is 4.94. The highest BCUT2D eigenvalue weighted by Gasteiger charge is 2.29. The maximum atomic E-state index is 14.4. The maximum absolute atomic E-state index is 14.4. The molecule has 0 aliphatic carbocycles. The van der Waals surface area contributed by atoms with Gasteiger partial charge in [0.15, 0.2) is 11.5 Å². The molecule has 2 N–H and O–H groups in total. The Labute approximate surface area is 114 Å². The lowest BCUT2D eigenvalue weighted by Crippen LogP contribution is -2.11. The van der Waals surface area contributed by atoms with E-state index in [1.165, 1.54) is 13.8 Å². The molecule has 1 aliphatic heterocycles. The Morgan fingerprint density at radius 2 is 2.00 bits per heavy atom. The van der Waals surface area contributed by atoms with Crippen molar-refractivity contribution in [3.8, 4) is 22.9 Å². The topological polar surface area (TPSA) is 83.4 Å². The number of fused-ring (bicyclic) bond motifs is 1. The number of rotatable bonds is 3. The van der Waals surface area contributed by atoms with Crippen LogP contribution in [0.25, 0.3) is 11.4 Å². The number of alkyl halides is 1. The Bertz CT molecular complexity index is 649. The summed E-state index contributed by atoms with van der Waals surface area (Å²) in [6.45, 7) is 3.16. The molecule has 3 rings (SSSR count). The SMILES string of the molecule is CC(C)(F)c1cc2c(cc1-c1noc(CN)n1)OCO2. The van der Waals surface area contributed by atoms with Crippen LogP contribution in [0.4, 0.5) is 4.39 Å². The first-order valence-corrected chi connectivity index (χ1v) is 6.15. The van der Waals surface area contributed by atoms with Crippen LogP contribution >= 0.6 is 0 Å². The highest BCUT2D eigenvalue weighted by atomic mass is 19.1. The normalized spacial score (nSPS) is 13.8. The predicted molar refractivity (Wildman–Crippen MR) is 67.9 cm³/mol. The number of benzene rings is 1. The van der Waals surface area contributed by atoms with Crippen LogP contribution in [0.15, 0.2) is 16.7 Å². The lowest BCUT2D eigenvalue weighted by Gasteiger charge is -2.18. The Balaban J connectivity index is 2.17. The minimum Gasteiger partial charge on any atom is -0.454 e. The second-order valence-corrected chi connectivity index (χ2v) is 4.94. The number of hydrogen-bond donors (Lipinski definition) is 1. The molecule has 1 aromatic heterocycles. The molecule has 1 aromatic carbocycles. The summed E-state index contributed by atoms with van der Waals surface area (Å²) in [6, 6.07) is 3.26. The van der Waals surface area contributed by atoms with E-state index in [0.29, 0.717) is 28.5 Å². The Morgan fingerprint density at radius 1 is 1.30 bits per heavy atom. The number of ether oxygens (including phenoxy) is 2. The Kier molecular flexibility index (Phi) is 2.86. The van der Waals surface area contributed by atoms with E-state index < -0.39 is 5.67 Å². The van der Waals surface area contributed by atoms with E-state index in [1.54, 1.807) is 12.1 Å². The van der Waals surface area contributed by atoms with Gasteiger partial charge in [-0.1, -0.05) is 5.16 Å². The predicted octanol–water partition coefficient (Wildman–Crippen LogP) is 2.13. The smallest absolute Gasteiger partial charge is 0.240 e. The summed E-state index contributed by atoms with van der Waals surface area (Å²) in [5, 5.41) is 3.83. The second kappa shape index (κ2) is 4.45. The van der Waals surface area contributed by atoms with Gasteiger partial charge in [0.1, 0.15) is 5.67 Å². The summed E-state index contributed by atoms with van der Waals surface area (Å²) in [6.07, 6.45) is 0. The summed E-state index contributed by atoms with van der Waals surface area (Å²) in [4.78, 5) is 4.13. The fourth-order valence-electron chi connectivity index (χ4n) is 2.07. The molecule has 0 amide bonds. The highest BCUT2D eigenvalue weighted by Crippen LogP contribution is 2.42. The third-order valence-corrected chi connectivity index (χ3v) is 3.04. The first-order valence-electron chi connectivity index (χ1n) is 6.15. The molecule has 0 unspecified atom stereocenters. The summed E-state index contributed by atoms with van der Waals surface area (Å²) < 4.78 is 30.0. The molecule has 1 aliphatic rings. The van der Waals surface area contributed by atoms with E-state index >= 15 is 0 Å². The monoisotopic (exact) mass is 279 g/mol. The third-order valence-electron chi connectivity index (χ3n) is 3.04. The molecule has 0 radical (unpaired) electrons. The van der Waals surface area contributed by atoms with Crippen molar-refractivity contribution in [1.82, 2.24) is 10.1 Å². The molecule has 106 valence electrons. The molecule has 0 saturated carbocycles. The van der Waals surface area contributed by atoms with Gasteiger partial charge >= 0.3 is 0 Å². The minimum atomic E-state index is -1.58. The number of halogens is 1. The van der Waals surface area contributed by atoms with Crippen molar-refractivity contribution in [1.29, 1.82) is 0 Å². The summed E-state index contributed by atoms with van der Waals surface area (Å²) in [5.41, 5.74) is 4.77. The Hall–Kier alpha value is -2.15. The van der Waals surface area contributed by atoms with Gasteiger partial charge in [0.2, 0.25) is 18.5 Å². The van der Waals surface area contributed by atoms with Crippen molar-refractivity contribution in [2.24, 2.45) is 5.73 Å². The van der Waals surface area contributed by atoms with Gasteiger partial charge in [-0.3, -0.25) is 0 Å². The molecule has 7 heteroatoms. The first-order chi connectivity index (χ1) is 9.49. The van der Waals surface area contributed by atoms with E-state index in [-0.39, 0.29) is 19.2 Å². The molecule has 6 nitrogen and oxygen atoms in total. The standard InChI is InChI=1S/C13H14FN3O3/c1-13(2,14)8-4-10-9(18-6-19-10)3-7(8)12-16-11(5-15)20-17-12/h3-4H,5-6,15H2,1-2H3. The number of hydrogen-bond acceptors (Lipinski definition) is 6. The first kappa shape index (κ1) is 12.9. The largest absolute Gasteiger partial charge is 0.454 e. The molecular formula is C13H14FN3O3. The summed E-state index contributed by atoms with van der Waals surface area (Å²) in [7, 11) is 0. The van der Waals surface area contributed by atoms with Gasteiger partial charge in [-0.05, 0) is 26.0 Å². The fraction of sp³-hybridized carbons (Fsp3) is 0.385. The molecule has 0 atom stereocenters. The van der Waals surface area contributed by atoms with Gasteiger partial charge in [0.25, 0.3) is 0 Å². The van der Waals surface area contributed by atoms with Crippen LogP contribution < -0.4 is 15.2 Å². The minimum absolute atomic E-state index is 0.116. The van der Waals surface area contributed by atoms with Gasteiger partial charge in [0.05, 0.1) is 6.54 Å². The lowest BCUT2D eigenvalue weighted by molar-refractivity contribution is 0.173. The van der Waals surface area contributed by atoms with Crippen molar-refractivity contribution < 1.29 is 18.4 Å². The number of nitrogens with two attached hydrogens (primary N) is 1. The van der Waals surface area contributed by atoms with E-state index in [2.05, 4.69) is 10.1 Å². The number of aromatic nitrogens is 2. The van der Waals surface area contributed by atoms with Crippen LogP contribution in [0, 0.1) is 0 Å². The summed E-state index contributed by atoms with van der Waals surface area (Å²) in [5.74, 6) is 1.62. The molecule has 0 bridgehead atoms. The van der Waals surface area contributed by atoms with E-state index in [4.69, 9.17) is 19.7 Å². The van der Waals surface area contributed by atoms with Crippen molar-refractivity contribution in [3.05, 3.63) is 23.6 Å². The maximum Gasteiger partial charge on any atom is 0.240 e. The average Bonchev–Trinajstić information content (AvgIpc) is 3.04. The zero-order valence-corrected chi connectivity index (χ0v) is 11.1. The zero-order chi connectivity index (χ0) is 14.3. The van der Waals surface area contributed by atoms with Crippen LogP contribution in [0.1, 0.15) is 25.3 Å². The molecule has 0 spiro atoms. The van der Waals surface area contributed by atoms with Gasteiger partial charge in [-0.15, -0.1) is 0 Å². The summed E-state index contributed by atoms with van der Waals surface area (Å²) >= 11 is 0. The Morgan fingerprint density at radius 3 is 2.60 bits per heavy atom. The van der Waals surface area contributed by atoms with Crippen LogP contribution in [0.5, 0.6) is 11.5 Å². The molecule has 2 aromatic rings. The molecule has 2 heterocycles. The van der Waals surface area contributed by atoms with Crippen LogP contribution in [0.2, 0.25) is 0 Å². The van der Waals surface area contributed by atoms with E-state index in [1.807, 2.05) is 0 Å². The molecular weight excluding hydrogens is 265 g/mol. The van der Waals surface area contributed by atoms with E-state index in [9.17, 15) is 4.39 Å². The van der Waals surface area contributed by atoms with Crippen LogP contribution in [0.3, 0.4) is 0 Å². The van der Waals surface area contributed by atoms with Gasteiger partial charge < -0.3 is 19.7 Å². The molecule has 20 heavy (non-hydrogen) atoms. The fourth-order valence-corrected chi connectivity index (χ4v) is 2.07. The lowest BCUT2D eigenvalue weighted by atomic mass is 9.93. The van der Waals surface area contributed by atoms with Crippen molar-refractivity contribution in [3.63, 3.8) is 0 Å². The van der Waals surface area contributed by atoms with Crippen molar-refractivity contribution in [2.45, 2.75) is 26.1 Å². The van der Waals surface area contributed by atoms with Crippen LogP contribution in [-0.4, -0.2) is 16.9 Å². The molecule has 0 fully saturated rings. The number of nitrogens with zero attached hydrogens (tertiary/aromatic N) is 2. The highest BCUT2D eigenvalue weighted by molar-refractivity contribution is 5.67. The quantitative estimate of drug-likeness (QED) is 0.926. The van der Waals surface area contributed by atoms with Gasteiger partial charge in [-0.2, -0.15) is 4.98 Å².